The molecule has 1 rings (SSSR count). The first-order valence-electron chi connectivity index (χ1n) is 8.54. The second-order valence-corrected chi connectivity index (χ2v) is 6.82. The Morgan fingerprint density at radius 3 is 1.83 bits per heavy atom. The third-order valence-corrected chi connectivity index (χ3v) is 4.55. The molecule has 0 N–H and O–H groups in total. The predicted molar refractivity (Wildman–Crippen MR) is 84.9 cm³/mol. The van der Waals surface area contributed by atoms with Crippen LogP contribution in [0.4, 0.5) is 0 Å². The highest BCUT2D eigenvalue weighted by Crippen LogP contribution is 2.33. The molecule has 18 heavy (non-hydrogen) atoms. The van der Waals surface area contributed by atoms with Gasteiger partial charge in [-0.15, -0.1) is 0 Å². The van der Waals surface area contributed by atoms with Crippen molar-refractivity contribution in [1.29, 1.82) is 0 Å². The van der Waals surface area contributed by atoms with E-state index in [1.807, 2.05) is 0 Å². The van der Waals surface area contributed by atoms with Crippen molar-refractivity contribution in [2.45, 2.75) is 92.9 Å². The minimum absolute atomic E-state index is 0.887. The summed E-state index contributed by atoms with van der Waals surface area (Å²) in [5.74, 6) is 3.93. The van der Waals surface area contributed by atoms with Gasteiger partial charge in [0, 0.05) is 0 Å². The van der Waals surface area contributed by atoms with E-state index in [1.165, 1.54) is 51.4 Å². The van der Waals surface area contributed by atoms with Crippen molar-refractivity contribution in [2.24, 2.45) is 23.7 Å². The Bertz CT molecular complexity index is 163. The van der Waals surface area contributed by atoms with Crippen molar-refractivity contribution in [3.8, 4) is 0 Å². The molecule has 0 saturated heterocycles. The molecule has 0 spiro atoms. The van der Waals surface area contributed by atoms with E-state index in [0.29, 0.717) is 0 Å². The van der Waals surface area contributed by atoms with E-state index in [9.17, 15) is 0 Å². The van der Waals surface area contributed by atoms with E-state index < -0.39 is 0 Å². The van der Waals surface area contributed by atoms with Crippen LogP contribution in [0.2, 0.25) is 0 Å². The quantitative estimate of drug-likeness (QED) is 0.512. The van der Waals surface area contributed by atoms with Gasteiger partial charge in [-0.1, -0.05) is 86.5 Å². The van der Waals surface area contributed by atoms with E-state index in [4.69, 9.17) is 0 Å². The molecule has 0 aromatic heterocycles. The standard InChI is InChI=1S/C15H30.C3H8/c1-5-15(12(2)3)11-10-14-8-6-13(4)7-9-14;1-3-2/h12-15H,5-11H2,1-4H3;3H2,1-2H3. The predicted octanol–water partition coefficient (Wildman–Crippen LogP) is 6.69. The van der Waals surface area contributed by atoms with Crippen LogP contribution in [0.3, 0.4) is 0 Å². The first-order valence-corrected chi connectivity index (χ1v) is 8.54. The van der Waals surface area contributed by atoms with Gasteiger partial charge >= 0.3 is 0 Å². The lowest BCUT2D eigenvalue weighted by Crippen LogP contribution is -2.15. The fourth-order valence-electron chi connectivity index (χ4n) is 3.08. The highest BCUT2D eigenvalue weighted by atomic mass is 14.3. The fourth-order valence-corrected chi connectivity index (χ4v) is 3.08. The number of hydrogen-bond donors (Lipinski definition) is 0. The SMILES string of the molecule is CCC.CCC(CCC1CCC(C)CC1)C(C)C. The summed E-state index contributed by atoms with van der Waals surface area (Å²) >= 11 is 0. The summed E-state index contributed by atoms with van der Waals surface area (Å²) in [7, 11) is 0. The van der Waals surface area contributed by atoms with Crippen molar-refractivity contribution in [3.05, 3.63) is 0 Å². The Kier molecular flexibility index (Phi) is 10.9. The van der Waals surface area contributed by atoms with Crippen molar-refractivity contribution in [1.82, 2.24) is 0 Å². The van der Waals surface area contributed by atoms with Gasteiger partial charge in [0.05, 0.1) is 0 Å². The normalized spacial score (nSPS) is 25.5. The summed E-state index contributed by atoms with van der Waals surface area (Å²) in [5, 5.41) is 0. The molecule has 1 fully saturated rings. The largest absolute Gasteiger partial charge is 0.0656 e. The Hall–Kier alpha value is 0. The minimum atomic E-state index is 0.887. The molecule has 0 aromatic carbocycles. The lowest BCUT2D eigenvalue weighted by atomic mass is 9.78. The summed E-state index contributed by atoms with van der Waals surface area (Å²) < 4.78 is 0. The second-order valence-electron chi connectivity index (χ2n) is 6.82. The first kappa shape index (κ1) is 18.0. The second kappa shape index (κ2) is 10.9. The van der Waals surface area contributed by atoms with E-state index in [0.717, 1.165) is 23.7 Å². The fraction of sp³-hybridized carbons (Fsp3) is 1.00. The summed E-state index contributed by atoms with van der Waals surface area (Å²) in [6.45, 7) is 13.8. The van der Waals surface area contributed by atoms with Crippen molar-refractivity contribution in [2.75, 3.05) is 0 Å². The molecule has 0 aliphatic heterocycles. The summed E-state index contributed by atoms with van der Waals surface area (Å²) in [6.07, 6.45) is 11.6. The van der Waals surface area contributed by atoms with Crippen LogP contribution >= 0.6 is 0 Å². The number of rotatable bonds is 5. The van der Waals surface area contributed by atoms with Gasteiger partial charge in [0.25, 0.3) is 0 Å². The van der Waals surface area contributed by atoms with Crippen LogP contribution in [-0.4, -0.2) is 0 Å². The van der Waals surface area contributed by atoms with E-state index >= 15 is 0 Å². The maximum Gasteiger partial charge on any atom is -0.0394 e. The molecule has 0 nitrogen and oxygen atoms in total. The molecule has 0 radical (unpaired) electrons. The van der Waals surface area contributed by atoms with E-state index in [2.05, 4.69) is 41.5 Å². The van der Waals surface area contributed by atoms with Crippen LogP contribution in [0.5, 0.6) is 0 Å². The van der Waals surface area contributed by atoms with Crippen molar-refractivity contribution >= 4 is 0 Å². The molecule has 1 aliphatic carbocycles. The van der Waals surface area contributed by atoms with Crippen LogP contribution < -0.4 is 0 Å². The lowest BCUT2D eigenvalue weighted by Gasteiger charge is -2.28. The zero-order valence-electron chi connectivity index (χ0n) is 14.0. The van der Waals surface area contributed by atoms with Crippen LogP contribution in [0, 0.1) is 23.7 Å². The topological polar surface area (TPSA) is 0 Å². The molecule has 0 amide bonds. The van der Waals surface area contributed by atoms with Gasteiger partial charge < -0.3 is 0 Å². The molecule has 1 atom stereocenters. The van der Waals surface area contributed by atoms with Gasteiger partial charge in [-0.3, -0.25) is 0 Å². The molecule has 1 saturated carbocycles. The monoisotopic (exact) mass is 254 g/mol. The Balaban J connectivity index is 0.000000873. The van der Waals surface area contributed by atoms with Crippen molar-refractivity contribution < 1.29 is 0 Å². The molecule has 0 aromatic rings. The van der Waals surface area contributed by atoms with Gasteiger partial charge in [-0.05, 0) is 30.1 Å². The molecular formula is C18H38. The highest BCUT2D eigenvalue weighted by molar-refractivity contribution is 4.72. The first-order chi connectivity index (χ1) is 8.54. The smallest absolute Gasteiger partial charge is 0.0394 e. The third-order valence-electron chi connectivity index (χ3n) is 4.55. The van der Waals surface area contributed by atoms with Crippen LogP contribution in [0.15, 0.2) is 0 Å². The molecule has 0 heterocycles. The molecule has 1 unspecified atom stereocenters. The van der Waals surface area contributed by atoms with Gasteiger partial charge in [0.1, 0.15) is 0 Å². The zero-order chi connectivity index (χ0) is 14.0. The Labute approximate surface area is 117 Å². The summed E-state index contributed by atoms with van der Waals surface area (Å²) in [5.41, 5.74) is 0. The minimum Gasteiger partial charge on any atom is -0.0656 e. The molecule has 0 heteroatoms. The van der Waals surface area contributed by atoms with Crippen LogP contribution in [0.25, 0.3) is 0 Å². The Morgan fingerprint density at radius 2 is 1.44 bits per heavy atom. The summed E-state index contributed by atoms with van der Waals surface area (Å²) in [4.78, 5) is 0. The summed E-state index contributed by atoms with van der Waals surface area (Å²) in [6, 6.07) is 0. The number of hydrogen-bond acceptors (Lipinski definition) is 0. The molecule has 1 aliphatic rings. The molecular weight excluding hydrogens is 216 g/mol. The average molecular weight is 255 g/mol. The Morgan fingerprint density at radius 1 is 0.944 bits per heavy atom. The van der Waals surface area contributed by atoms with E-state index in [1.54, 1.807) is 0 Å². The zero-order valence-corrected chi connectivity index (χ0v) is 14.0. The van der Waals surface area contributed by atoms with E-state index in [-0.39, 0.29) is 0 Å². The molecule has 0 bridgehead atoms. The molecule has 110 valence electrons. The van der Waals surface area contributed by atoms with Crippen molar-refractivity contribution in [3.63, 3.8) is 0 Å². The maximum absolute atomic E-state index is 2.42. The van der Waals surface area contributed by atoms with Crippen LogP contribution in [0.1, 0.15) is 92.9 Å². The average Bonchev–Trinajstić information content (AvgIpc) is 2.33. The maximum atomic E-state index is 2.42. The van der Waals surface area contributed by atoms with Gasteiger partial charge in [-0.2, -0.15) is 0 Å². The van der Waals surface area contributed by atoms with Gasteiger partial charge in [-0.25, -0.2) is 0 Å². The van der Waals surface area contributed by atoms with Crippen LogP contribution in [-0.2, 0) is 0 Å². The highest BCUT2D eigenvalue weighted by Gasteiger charge is 2.19. The van der Waals surface area contributed by atoms with Gasteiger partial charge in [0.15, 0.2) is 0 Å². The van der Waals surface area contributed by atoms with Gasteiger partial charge in [0.2, 0.25) is 0 Å². The third kappa shape index (κ3) is 8.16. The lowest BCUT2D eigenvalue weighted by molar-refractivity contribution is 0.242.